The summed E-state index contributed by atoms with van der Waals surface area (Å²) in [4.78, 5) is 15.9. The lowest BCUT2D eigenvalue weighted by Gasteiger charge is -2.40. The van der Waals surface area contributed by atoms with Crippen molar-refractivity contribution in [2.75, 3.05) is 40.5 Å². The summed E-state index contributed by atoms with van der Waals surface area (Å²) in [5.41, 5.74) is 0.353. The summed E-state index contributed by atoms with van der Waals surface area (Å²) in [6.45, 7) is 5.58. The van der Waals surface area contributed by atoms with Crippen LogP contribution in [0.15, 0.2) is 4.99 Å². The van der Waals surface area contributed by atoms with E-state index in [0.717, 1.165) is 64.3 Å². The van der Waals surface area contributed by atoms with E-state index < -0.39 is 0 Å². The zero-order chi connectivity index (χ0) is 18.4. The van der Waals surface area contributed by atoms with Crippen molar-refractivity contribution in [3.8, 4) is 0 Å². The molecule has 0 amide bonds. The molecule has 1 aliphatic carbocycles. The number of ether oxygens (including phenoxy) is 2. The number of nitrogens with zero attached hydrogens (tertiary/aromatic N) is 1. The average molecular weight is 356 g/mol. The molecular formula is C19H37N3O3. The molecule has 0 unspecified atom stereocenters. The highest BCUT2D eigenvalue weighted by atomic mass is 16.5. The Labute approximate surface area is 153 Å². The summed E-state index contributed by atoms with van der Waals surface area (Å²) in [7, 11) is 3.21. The standard InChI is InChI=1S/C19H37N3O3/c1-4-20-18(21-14-8-6-5-7-10-17(23)25-3)22-16-19(11-9-12-19)13-15-24-2/h4-16H2,1-3H3,(H2,20,21,22). The van der Waals surface area contributed by atoms with Gasteiger partial charge in [0, 0.05) is 39.8 Å². The van der Waals surface area contributed by atoms with Gasteiger partial charge in [-0.2, -0.15) is 0 Å². The first kappa shape index (κ1) is 21.7. The quantitative estimate of drug-likeness (QED) is 0.230. The Morgan fingerprint density at radius 1 is 1.12 bits per heavy atom. The molecule has 0 aromatic heterocycles. The van der Waals surface area contributed by atoms with E-state index in [-0.39, 0.29) is 5.97 Å². The van der Waals surface area contributed by atoms with Crippen molar-refractivity contribution in [2.45, 2.75) is 64.7 Å². The van der Waals surface area contributed by atoms with Gasteiger partial charge < -0.3 is 20.1 Å². The highest BCUT2D eigenvalue weighted by Crippen LogP contribution is 2.44. The monoisotopic (exact) mass is 355 g/mol. The van der Waals surface area contributed by atoms with Gasteiger partial charge in [-0.1, -0.05) is 19.3 Å². The van der Waals surface area contributed by atoms with Gasteiger partial charge in [-0.25, -0.2) is 0 Å². The van der Waals surface area contributed by atoms with Crippen molar-refractivity contribution in [3.63, 3.8) is 0 Å². The SMILES string of the molecule is CCNC(=NCC1(CCOC)CCC1)NCCCCCCC(=O)OC. The molecule has 6 heteroatoms. The van der Waals surface area contributed by atoms with E-state index >= 15 is 0 Å². The molecule has 1 rings (SSSR count). The van der Waals surface area contributed by atoms with Crippen LogP contribution in [0.4, 0.5) is 0 Å². The molecule has 0 heterocycles. The number of guanidine groups is 1. The highest BCUT2D eigenvalue weighted by molar-refractivity contribution is 5.79. The van der Waals surface area contributed by atoms with Gasteiger partial charge in [0.1, 0.15) is 0 Å². The van der Waals surface area contributed by atoms with Crippen molar-refractivity contribution in [1.29, 1.82) is 0 Å². The molecule has 0 aromatic carbocycles. The van der Waals surface area contributed by atoms with Crippen molar-refractivity contribution in [2.24, 2.45) is 10.4 Å². The zero-order valence-corrected chi connectivity index (χ0v) is 16.4. The van der Waals surface area contributed by atoms with E-state index in [1.165, 1.54) is 26.4 Å². The number of nitrogens with one attached hydrogen (secondary N) is 2. The minimum atomic E-state index is -0.113. The summed E-state index contributed by atoms with van der Waals surface area (Å²) >= 11 is 0. The van der Waals surface area contributed by atoms with Crippen LogP contribution in [0.3, 0.4) is 0 Å². The number of esters is 1. The fraction of sp³-hybridized carbons (Fsp3) is 0.895. The highest BCUT2D eigenvalue weighted by Gasteiger charge is 2.36. The maximum Gasteiger partial charge on any atom is 0.305 e. The summed E-state index contributed by atoms with van der Waals surface area (Å²) in [6, 6.07) is 0. The van der Waals surface area contributed by atoms with E-state index in [1.807, 2.05) is 0 Å². The minimum Gasteiger partial charge on any atom is -0.469 e. The molecule has 0 atom stereocenters. The molecule has 1 fully saturated rings. The minimum absolute atomic E-state index is 0.113. The predicted octanol–water partition coefficient (Wildman–Crippen LogP) is 2.87. The first-order valence-electron chi connectivity index (χ1n) is 9.74. The lowest BCUT2D eigenvalue weighted by Crippen LogP contribution is -2.40. The first-order valence-corrected chi connectivity index (χ1v) is 9.74. The molecule has 1 saturated carbocycles. The topological polar surface area (TPSA) is 72.0 Å². The lowest BCUT2D eigenvalue weighted by molar-refractivity contribution is -0.140. The molecule has 25 heavy (non-hydrogen) atoms. The van der Waals surface area contributed by atoms with Crippen LogP contribution in [-0.4, -0.2) is 52.4 Å². The normalized spacial score (nSPS) is 16.2. The molecule has 0 aromatic rings. The molecule has 0 aliphatic heterocycles. The second-order valence-corrected chi connectivity index (χ2v) is 6.96. The average Bonchev–Trinajstić information content (AvgIpc) is 2.59. The summed E-state index contributed by atoms with van der Waals surface area (Å²) in [6.07, 6.45) is 9.63. The van der Waals surface area contributed by atoms with Crippen LogP contribution in [0.5, 0.6) is 0 Å². The Bertz CT molecular complexity index is 395. The van der Waals surface area contributed by atoms with E-state index in [1.54, 1.807) is 7.11 Å². The maximum atomic E-state index is 11.0. The molecule has 0 saturated heterocycles. The van der Waals surface area contributed by atoms with Crippen LogP contribution >= 0.6 is 0 Å². The second-order valence-electron chi connectivity index (χ2n) is 6.96. The van der Waals surface area contributed by atoms with Crippen LogP contribution in [0.1, 0.15) is 64.7 Å². The number of hydrogen-bond acceptors (Lipinski definition) is 4. The second kappa shape index (κ2) is 13.0. The van der Waals surface area contributed by atoms with E-state index in [9.17, 15) is 4.79 Å². The van der Waals surface area contributed by atoms with Gasteiger partial charge in [0.25, 0.3) is 0 Å². The Hall–Kier alpha value is -1.30. The Balaban J connectivity index is 2.23. The van der Waals surface area contributed by atoms with Gasteiger partial charge >= 0.3 is 5.97 Å². The van der Waals surface area contributed by atoms with Crippen molar-refractivity contribution in [1.82, 2.24) is 10.6 Å². The number of hydrogen-bond donors (Lipinski definition) is 2. The van der Waals surface area contributed by atoms with Gasteiger partial charge in [-0.05, 0) is 44.4 Å². The number of carbonyl (C=O) groups excluding carboxylic acids is 1. The van der Waals surface area contributed by atoms with Crippen LogP contribution in [0, 0.1) is 5.41 Å². The number of rotatable bonds is 13. The van der Waals surface area contributed by atoms with Crippen molar-refractivity contribution >= 4 is 11.9 Å². The number of methoxy groups -OCH3 is 2. The lowest BCUT2D eigenvalue weighted by atomic mass is 9.67. The predicted molar refractivity (Wildman–Crippen MR) is 102 cm³/mol. The number of aliphatic imine (C=N–C) groups is 1. The summed E-state index contributed by atoms with van der Waals surface area (Å²) < 4.78 is 9.90. The zero-order valence-electron chi connectivity index (χ0n) is 16.4. The van der Waals surface area contributed by atoms with Gasteiger partial charge in [0.15, 0.2) is 5.96 Å². The van der Waals surface area contributed by atoms with Gasteiger partial charge in [0.2, 0.25) is 0 Å². The number of unbranched alkanes of at least 4 members (excludes halogenated alkanes) is 3. The molecular weight excluding hydrogens is 318 g/mol. The van der Waals surface area contributed by atoms with Crippen LogP contribution < -0.4 is 10.6 Å². The molecule has 1 aliphatic rings. The first-order chi connectivity index (χ1) is 12.2. The molecule has 146 valence electrons. The Morgan fingerprint density at radius 2 is 1.88 bits per heavy atom. The fourth-order valence-corrected chi connectivity index (χ4v) is 3.13. The number of carbonyl (C=O) groups is 1. The third-order valence-electron chi connectivity index (χ3n) is 5.00. The summed E-state index contributed by atoms with van der Waals surface area (Å²) in [5.74, 6) is 0.804. The van der Waals surface area contributed by atoms with Gasteiger partial charge in [-0.15, -0.1) is 0 Å². The maximum absolute atomic E-state index is 11.0. The third kappa shape index (κ3) is 9.10. The van der Waals surface area contributed by atoms with E-state index in [2.05, 4.69) is 22.3 Å². The summed E-state index contributed by atoms with van der Waals surface area (Å²) in [5, 5.41) is 6.75. The molecule has 0 spiro atoms. The van der Waals surface area contributed by atoms with Crippen molar-refractivity contribution < 1.29 is 14.3 Å². The fourth-order valence-electron chi connectivity index (χ4n) is 3.13. The Morgan fingerprint density at radius 3 is 2.48 bits per heavy atom. The van der Waals surface area contributed by atoms with Crippen LogP contribution in [-0.2, 0) is 14.3 Å². The van der Waals surface area contributed by atoms with Crippen molar-refractivity contribution in [3.05, 3.63) is 0 Å². The Kier molecular flexibility index (Phi) is 11.3. The molecule has 6 nitrogen and oxygen atoms in total. The van der Waals surface area contributed by atoms with Crippen LogP contribution in [0.25, 0.3) is 0 Å². The van der Waals surface area contributed by atoms with E-state index in [4.69, 9.17) is 9.73 Å². The van der Waals surface area contributed by atoms with E-state index in [0.29, 0.717) is 11.8 Å². The molecule has 0 bridgehead atoms. The third-order valence-corrected chi connectivity index (χ3v) is 5.00. The molecule has 0 radical (unpaired) electrons. The smallest absolute Gasteiger partial charge is 0.305 e. The van der Waals surface area contributed by atoms with Crippen LogP contribution in [0.2, 0.25) is 0 Å². The van der Waals surface area contributed by atoms with Gasteiger partial charge in [0.05, 0.1) is 7.11 Å². The largest absolute Gasteiger partial charge is 0.469 e. The molecule has 2 N–H and O–H groups in total. The van der Waals surface area contributed by atoms with Gasteiger partial charge in [-0.3, -0.25) is 9.79 Å².